The van der Waals surface area contributed by atoms with Crippen molar-refractivity contribution in [2.45, 2.75) is 422 Å². The molecule has 0 aromatic carbocycles. The molecular formula is C85H147N3O39. The summed E-state index contributed by atoms with van der Waals surface area (Å²) in [6.07, 6.45) is -31.0. The van der Waals surface area contributed by atoms with Crippen LogP contribution in [0.1, 0.15) is 221 Å². The molecule has 6 heterocycles. The first-order valence-corrected chi connectivity index (χ1v) is 45.1. The molecule has 0 aromatic rings. The van der Waals surface area contributed by atoms with Gasteiger partial charge >= 0.3 is 11.9 Å². The highest BCUT2D eigenvalue weighted by Crippen LogP contribution is 2.44. The number of hydrogen-bond donors (Lipinski definition) is 24. The van der Waals surface area contributed by atoms with Crippen LogP contribution in [-0.2, 0) is 85.6 Å². The first kappa shape index (κ1) is 111. The van der Waals surface area contributed by atoms with E-state index in [9.17, 15) is 136 Å². The van der Waals surface area contributed by atoms with Gasteiger partial charge in [0, 0.05) is 45.4 Å². The maximum atomic E-state index is 14.4. The van der Waals surface area contributed by atoms with Crippen LogP contribution < -0.4 is 16.0 Å². The van der Waals surface area contributed by atoms with E-state index in [-0.39, 0.29) is 6.42 Å². The van der Waals surface area contributed by atoms with Crippen LogP contribution in [0.2, 0.25) is 0 Å². The van der Waals surface area contributed by atoms with E-state index in [1.165, 1.54) is 70.3 Å². The first-order chi connectivity index (χ1) is 60.6. The van der Waals surface area contributed by atoms with Crippen LogP contribution in [0.3, 0.4) is 0 Å². The summed E-state index contributed by atoms with van der Waals surface area (Å²) in [5.74, 6) is -16.5. The maximum absolute atomic E-state index is 14.4. The van der Waals surface area contributed by atoms with Crippen molar-refractivity contribution in [3.63, 3.8) is 0 Å². The van der Waals surface area contributed by atoms with Crippen LogP contribution in [0.25, 0.3) is 0 Å². The van der Waals surface area contributed by atoms with Crippen molar-refractivity contribution >= 4 is 35.4 Å². The lowest BCUT2D eigenvalue weighted by atomic mass is 9.86. The lowest BCUT2D eigenvalue weighted by Crippen LogP contribution is -2.72. The minimum absolute atomic E-state index is 0.0793. The number of amides is 3. The molecule has 6 fully saturated rings. The van der Waals surface area contributed by atoms with Crippen molar-refractivity contribution in [3.05, 3.63) is 24.3 Å². The van der Waals surface area contributed by atoms with Crippen LogP contribution >= 0.6 is 0 Å². The van der Waals surface area contributed by atoms with Gasteiger partial charge in [-0.1, -0.05) is 154 Å². The molecule has 736 valence electrons. The highest BCUT2D eigenvalue weighted by Gasteiger charge is 2.64. The average molecular weight is 1840 g/mol. The molecule has 0 bridgehead atoms. The van der Waals surface area contributed by atoms with Crippen molar-refractivity contribution in [2.24, 2.45) is 5.92 Å². The number of rotatable bonds is 59. The molecule has 6 saturated heterocycles. The number of allylic oxidation sites excluding steroid dienone is 3. The quantitative estimate of drug-likeness (QED) is 0.0213. The fraction of sp³-hybridized carbons (Fsp3) is 0.882. The van der Waals surface area contributed by atoms with E-state index < -0.39 is 308 Å². The number of Topliss-reactive ketones (excluding diaryl/α,β-unsaturated/α-hetero) is 1. The first-order valence-electron chi connectivity index (χ1n) is 45.1. The largest absolute Gasteiger partial charge is 0.477 e. The van der Waals surface area contributed by atoms with Crippen molar-refractivity contribution < 1.29 is 193 Å². The second kappa shape index (κ2) is 56.4. The van der Waals surface area contributed by atoms with Crippen molar-refractivity contribution in [3.8, 4) is 0 Å². The molecule has 127 heavy (non-hydrogen) atoms. The Labute approximate surface area is 740 Å². The van der Waals surface area contributed by atoms with Crippen LogP contribution in [0.4, 0.5) is 0 Å². The second-order valence-electron chi connectivity index (χ2n) is 34.2. The molecule has 24 N–H and O–H groups in total. The third kappa shape index (κ3) is 32.5. The second-order valence-corrected chi connectivity index (χ2v) is 34.2. The van der Waals surface area contributed by atoms with Crippen molar-refractivity contribution in [1.29, 1.82) is 0 Å². The summed E-state index contributed by atoms with van der Waals surface area (Å²) in [5, 5.41) is 245. The fourth-order valence-electron chi connectivity index (χ4n) is 16.9. The Morgan fingerprint density at radius 2 is 0.882 bits per heavy atom. The Balaban J connectivity index is 1.34. The normalized spacial score (nSPS) is 35.2. The SMILES string of the molecule is CCCCCC/C=C\CCCCCCCCCC(=O)N[C@@H](CO[C@@H]1O[C@H](CO)[C@@H](O[C@@H]2O[C@H](CO)[C@H](O[C@@H]3O[C@H](CO)[C@H](O)[C@H](O[C@@H]4O[C@H](CO)[C@H](O)[C@H](O)[C@H]4O)[C@H]3CC(C)=O)[C@H](O[C@]3(C(=O)O)C[C@H](O)[C@@H](NC(C)=O)C([C@H](O)[C@@H](CO)O[C@]4(C(=O)O)C[C@H](O)[C@@H](NC(C)=O)C([C@H](O)[C@H](O)CO)O4)O3)[C@H]2O)[C@H](O)[C@H]1O)[C@H](O)/C=C/CCCCCCCCCCCCC. The summed E-state index contributed by atoms with van der Waals surface area (Å²) in [4.78, 5) is 80.5. The van der Waals surface area contributed by atoms with Gasteiger partial charge in [-0.05, 0) is 51.9 Å². The molecule has 2 unspecified atom stereocenters. The zero-order valence-electron chi connectivity index (χ0n) is 73.5. The Morgan fingerprint density at radius 3 is 1.39 bits per heavy atom. The number of aliphatic hydroxyl groups is 19. The summed E-state index contributed by atoms with van der Waals surface area (Å²) >= 11 is 0. The topological polar surface area (TPSA) is 674 Å². The molecule has 42 nitrogen and oxygen atoms in total. The predicted molar refractivity (Wildman–Crippen MR) is 441 cm³/mol. The van der Waals surface area contributed by atoms with E-state index in [0.29, 0.717) is 12.8 Å². The molecule has 34 atom stereocenters. The van der Waals surface area contributed by atoms with Crippen molar-refractivity contribution in [2.75, 3.05) is 46.2 Å². The van der Waals surface area contributed by atoms with Gasteiger partial charge in [0.05, 0.1) is 88.8 Å². The minimum atomic E-state index is -3.68. The molecule has 0 aliphatic carbocycles. The monoisotopic (exact) mass is 1830 g/mol. The van der Waals surface area contributed by atoms with Crippen LogP contribution in [0, 0.1) is 5.92 Å². The molecule has 6 aliphatic rings. The van der Waals surface area contributed by atoms with Gasteiger partial charge < -0.3 is 185 Å². The molecule has 6 rings (SSSR count). The highest BCUT2D eigenvalue weighted by atomic mass is 16.8. The molecule has 6 aliphatic heterocycles. The maximum Gasteiger partial charge on any atom is 0.364 e. The van der Waals surface area contributed by atoms with Gasteiger partial charge in [0.25, 0.3) is 11.6 Å². The number of carbonyl (C=O) groups is 6. The highest BCUT2D eigenvalue weighted by molar-refractivity contribution is 5.78. The number of carboxylic acid groups (broad SMARTS) is 2. The number of aliphatic hydroxyl groups excluding tert-OH is 19. The van der Waals surface area contributed by atoms with Crippen LogP contribution in [-0.4, -0.2) is 390 Å². The number of aliphatic carboxylic acids is 2. The summed E-state index contributed by atoms with van der Waals surface area (Å²) in [6, 6.07) is -5.10. The lowest BCUT2D eigenvalue weighted by molar-refractivity contribution is -0.407. The molecule has 0 aromatic heterocycles. The zero-order valence-corrected chi connectivity index (χ0v) is 73.5. The number of nitrogens with one attached hydrogen (secondary N) is 3. The van der Waals surface area contributed by atoms with Gasteiger partial charge in [-0.3, -0.25) is 14.4 Å². The molecule has 42 heteroatoms. The van der Waals surface area contributed by atoms with Crippen LogP contribution in [0.15, 0.2) is 24.3 Å². The number of ether oxygens (including phenoxy) is 12. The van der Waals surface area contributed by atoms with Gasteiger partial charge in [-0.15, -0.1) is 0 Å². The number of carbonyl (C=O) groups excluding carboxylic acids is 4. The molecule has 3 amide bonds. The standard InChI is InChI=1S/C85H147N3O39/c1-6-8-10-12-14-16-18-20-21-23-25-27-29-31-33-35-60(102)88-50(51(98)34-32-30-28-26-24-22-19-17-15-13-11-9-7-2)45-116-79-70(110)68(108)73(58(43-93)119-79)122-81-71(111)77(74(59(44-94)120-81)123-78-49(36-46(3)95)72(65(105)56(41-91)117-78)121-80-69(109)67(107)64(104)55(40-90)118-80)127-85(83(114)115)38-53(100)62(87-48(5)97)76(126-85)66(106)57(42-92)124-84(82(112)113)37-52(99)61(86-47(4)96)75(125-84)63(103)54(101)39-89/h16,18,32,34,49-59,61-81,89-94,98-101,103-111H,6-15,17,19-31,33,35-45H2,1-5H3,(H,86,96)(H,87,97)(H,88,102)(H,112,113)(H,114,115)/b18-16-,34-32+/t49-,50+,51-,52+,53+,54-,55-,56-,57-,58-,59-,61-,62-,63-,64+,65+,66-,67+,68-,69-,70-,71-,72-,73-,74+,75?,76?,77-,78+,79-,80+,81+,84-,85+/m1/s1. The third-order valence-electron chi connectivity index (χ3n) is 24.0. The molecule has 0 radical (unpaired) electrons. The summed E-state index contributed by atoms with van der Waals surface area (Å²) in [5.41, 5.74) is 0. The van der Waals surface area contributed by atoms with E-state index in [0.717, 1.165) is 104 Å². The third-order valence-corrected chi connectivity index (χ3v) is 24.0. The Morgan fingerprint density at radius 1 is 0.449 bits per heavy atom. The van der Waals surface area contributed by atoms with Gasteiger partial charge in [-0.2, -0.15) is 0 Å². The fourth-order valence-corrected chi connectivity index (χ4v) is 16.9. The number of hydrogen-bond acceptors (Lipinski definition) is 37. The van der Waals surface area contributed by atoms with Gasteiger partial charge in [0.1, 0.15) is 128 Å². The lowest BCUT2D eigenvalue weighted by Gasteiger charge is -2.53. The van der Waals surface area contributed by atoms with Gasteiger partial charge in [0.2, 0.25) is 17.7 Å². The predicted octanol–water partition coefficient (Wildman–Crippen LogP) is -3.00. The molecule has 0 saturated carbocycles. The Bertz CT molecular complexity index is 3240. The number of carboxylic acids is 2. The summed E-state index contributed by atoms with van der Waals surface area (Å²) in [6.45, 7) is -0.829. The van der Waals surface area contributed by atoms with Crippen LogP contribution in [0.5, 0.6) is 0 Å². The smallest absolute Gasteiger partial charge is 0.364 e. The van der Waals surface area contributed by atoms with E-state index in [2.05, 4.69) is 41.9 Å². The molecular weight excluding hydrogens is 1690 g/mol. The van der Waals surface area contributed by atoms with Gasteiger partial charge in [-0.25, -0.2) is 9.59 Å². The van der Waals surface area contributed by atoms with Crippen molar-refractivity contribution in [1.82, 2.24) is 16.0 Å². The zero-order chi connectivity index (χ0) is 93.8. The Kier molecular flexibility index (Phi) is 49.3. The average Bonchev–Trinajstić information content (AvgIpc) is 0.733. The Hall–Kier alpha value is -4.74. The van der Waals surface area contributed by atoms with E-state index in [4.69, 9.17) is 56.8 Å². The molecule has 0 spiro atoms. The number of unbranched alkanes of at least 4 members (excludes halogenated alkanes) is 22. The van der Waals surface area contributed by atoms with Gasteiger partial charge in [0.15, 0.2) is 25.2 Å². The summed E-state index contributed by atoms with van der Waals surface area (Å²) < 4.78 is 72.5. The summed E-state index contributed by atoms with van der Waals surface area (Å²) in [7, 11) is 0. The van der Waals surface area contributed by atoms with E-state index >= 15 is 0 Å². The van der Waals surface area contributed by atoms with E-state index in [1.807, 2.05) is 0 Å². The van der Waals surface area contributed by atoms with E-state index in [1.54, 1.807) is 6.08 Å². The number of ketones is 1. The minimum Gasteiger partial charge on any atom is -0.477 e.